The van der Waals surface area contributed by atoms with E-state index < -0.39 is 230 Å². The predicted octanol–water partition coefficient (Wildman–Crippen LogP) is 4.40. The number of anilines is 3. The number of imide groups is 6. The molecule has 9 atom stereocenters. The highest BCUT2D eigenvalue weighted by atomic mass is 35.5. The number of halogens is 11. The number of hydrogen-bond acceptors (Lipinski definition) is 18. The summed E-state index contributed by atoms with van der Waals surface area (Å²) in [4.78, 5) is 154. The molecule has 0 aromatic heterocycles. The fourth-order valence-electron chi connectivity index (χ4n) is 14.6. The first-order valence-electron chi connectivity index (χ1n) is 28.5. The van der Waals surface area contributed by atoms with Gasteiger partial charge in [-0.1, -0.05) is 23.2 Å². The minimum Gasteiger partial charge on any atom is -0.372 e. The number of hydrogen-bond donors (Lipinski definition) is 6. The number of nitrogens with one attached hydrogen (secondary N) is 6. The second kappa shape index (κ2) is 24.2. The lowest BCUT2D eigenvalue weighted by Crippen LogP contribution is -2.75. The van der Waals surface area contributed by atoms with Crippen LogP contribution in [0.3, 0.4) is 0 Å². The third-order valence-electron chi connectivity index (χ3n) is 17.9. The number of amides is 12. The lowest BCUT2D eigenvalue weighted by molar-refractivity contribution is -0.154. The smallest absolute Gasteiger partial charge is 0.372 e. The largest absolute Gasteiger partial charge is 0.454 e. The zero-order valence-electron chi connectivity index (χ0n) is 49.5. The first-order valence-corrected chi connectivity index (χ1v) is 29.4. The van der Waals surface area contributed by atoms with Gasteiger partial charge in [0.2, 0.25) is 41.2 Å². The van der Waals surface area contributed by atoms with Crippen LogP contribution in [0.1, 0.15) is 89.3 Å². The SMILES string of the molecule is C[C@@H]1CN2c3c(cc(C(=O)C(Cl)Cl)c(F)c3F)CC3(C(=O)NC(=O)NC3=O)[C@H]2[C@H](C)O1.C[C@@H]1CN2c3c(cc(C(=O)C(F)(F)F)c(F)c3F)CC3(C(=O)NC(=O)NC3=O)[C@H]2[C@H](C)O1.[C-]#[N+]CC(=O)c1cc2c(c(F)c1F)N1C[C@@H](C)O[C@@H](C)[C@@H]1C1(C2)C(=O)NC(=O)NC1=O. The van der Waals surface area contributed by atoms with Gasteiger partial charge in [0.1, 0.15) is 0 Å². The van der Waals surface area contributed by atoms with Crippen molar-refractivity contribution in [1.82, 2.24) is 31.9 Å². The number of fused-ring (bicyclic) bond motifs is 12. The van der Waals surface area contributed by atoms with Crippen molar-refractivity contribution in [1.29, 1.82) is 0 Å². The molecule has 3 aromatic carbocycles. The molecular weight excluding hydrogens is 1320 g/mol. The van der Waals surface area contributed by atoms with Crippen molar-refractivity contribution in [2.24, 2.45) is 16.2 Å². The first kappa shape index (κ1) is 68.1. The Labute approximate surface area is 534 Å². The van der Waals surface area contributed by atoms with Crippen molar-refractivity contribution in [3.63, 3.8) is 0 Å². The predicted molar refractivity (Wildman–Crippen MR) is 302 cm³/mol. The molecule has 500 valence electrons. The van der Waals surface area contributed by atoms with Crippen LogP contribution >= 0.6 is 23.2 Å². The molecule has 6 N–H and O–H groups in total. The molecule has 3 spiro atoms. The number of barbiturate groups is 3. The maximum atomic E-state index is 15.3. The number of nitrogens with zero attached hydrogens (tertiary/aromatic N) is 4. The highest BCUT2D eigenvalue weighted by Gasteiger charge is 2.67. The van der Waals surface area contributed by atoms with E-state index in [0.29, 0.717) is 6.07 Å². The fraction of sp³-hybridized carbons (Fsp3) is 0.466. The Morgan fingerprint density at radius 3 is 1.07 bits per heavy atom. The Morgan fingerprint density at radius 2 is 0.787 bits per heavy atom. The van der Waals surface area contributed by atoms with Gasteiger partial charge >= 0.3 is 24.3 Å². The number of carbonyl (C=O) groups excluding carboxylic acids is 12. The van der Waals surface area contributed by atoms with Gasteiger partial charge in [0.05, 0.1) is 88.5 Å². The van der Waals surface area contributed by atoms with Gasteiger partial charge in [-0.15, -0.1) is 0 Å². The lowest BCUT2D eigenvalue weighted by atomic mass is 9.66. The van der Waals surface area contributed by atoms with E-state index in [2.05, 4.69) is 26.1 Å². The fourth-order valence-corrected chi connectivity index (χ4v) is 14.8. The summed E-state index contributed by atoms with van der Waals surface area (Å²) in [6.07, 6.45) is -10.8. The summed E-state index contributed by atoms with van der Waals surface area (Å²) >= 11 is 11.1. The van der Waals surface area contributed by atoms with Gasteiger partial charge in [-0.3, -0.25) is 75.1 Å². The first-order chi connectivity index (χ1) is 43.9. The van der Waals surface area contributed by atoms with Gasteiger partial charge in [-0.2, -0.15) is 13.2 Å². The number of ether oxygens (including phenoxy) is 3. The molecule has 9 aliphatic heterocycles. The Bertz CT molecular complexity index is 3920. The number of morpholine rings is 3. The van der Waals surface area contributed by atoms with Gasteiger partial charge in [-0.25, -0.2) is 47.3 Å². The summed E-state index contributed by atoms with van der Waals surface area (Å²) in [5, 5.41) is 12.2. The highest BCUT2D eigenvalue weighted by molar-refractivity contribution is 6.55. The number of Topliss-reactive ketones (excluding diaryl/α,β-unsaturated/α-hetero) is 3. The molecule has 0 unspecified atom stereocenters. The number of benzene rings is 3. The van der Waals surface area contributed by atoms with Crippen LogP contribution in [0.5, 0.6) is 0 Å². The molecule has 9 heterocycles. The molecule has 94 heavy (non-hydrogen) atoms. The van der Waals surface area contributed by atoms with E-state index >= 15 is 13.2 Å². The molecule has 0 aliphatic carbocycles. The van der Waals surface area contributed by atoms with Crippen LogP contribution < -0.4 is 46.6 Å². The number of urea groups is 3. The maximum absolute atomic E-state index is 15.3. The number of alkyl halides is 5. The van der Waals surface area contributed by atoms with E-state index in [1.807, 2.05) is 10.6 Å². The molecule has 25 nitrogen and oxygen atoms in total. The van der Waals surface area contributed by atoms with Crippen molar-refractivity contribution in [2.75, 3.05) is 40.9 Å². The van der Waals surface area contributed by atoms with Crippen molar-refractivity contribution in [3.05, 3.63) is 97.9 Å². The van der Waals surface area contributed by atoms with Crippen LogP contribution in [0.25, 0.3) is 4.85 Å². The Balaban J connectivity index is 0.000000154. The zero-order chi connectivity index (χ0) is 69.2. The van der Waals surface area contributed by atoms with Crippen LogP contribution in [-0.2, 0) is 62.2 Å². The molecule has 0 bridgehead atoms. The van der Waals surface area contributed by atoms with E-state index in [1.165, 1.54) is 21.6 Å². The summed E-state index contributed by atoms with van der Waals surface area (Å²) in [5.41, 5.74) is -9.80. The topological polar surface area (TPSA) is 319 Å². The standard InChI is InChI=1S/C20H18F2N4O5.C19H17Cl2F2N3O5.C19H16F5N3O5/c1-8-7-26-15-10(4-11(12(27)6-23-3)13(21)14(15)22)5-20(16(26)9(2)31-8)17(28)24-19(30)25-18(20)29;1-6-5-26-12-8(3-9(10(22)11(12)23)13(27)15(20)21)4-19(14(26)7(2)31-6)16(28)24-18(30)25-17(19)29;1-6-5-27-12-8(3-9(10(20)11(12)21)14(28)19(22,23)24)4-18(13(27)7(2)32-6)15(29)25-17(31)26-16(18)30/h4,8-9,16H,5-7H2,1-2H3,(H2,24,25,28,29,30);3,6-7,14-15H,4-5H2,1-2H3,(H2,24,25,28,29,30);3,6-7,13H,4-5H2,1-2H3,(H2,25,26,29,30,31)/t8-,9+,16-;6-,7+,14-;6-,7+,13-/m111/s1. The van der Waals surface area contributed by atoms with E-state index in [0.717, 1.165) is 12.1 Å². The molecule has 3 aromatic rings. The second-order valence-electron chi connectivity index (χ2n) is 23.8. The Hall–Kier alpha value is -8.78. The Morgan fingerprint density at radius 1 is 0.511 bits per heavy atom. The number of ketones is 3. The maximum Gasteiger partial charge on any atom is 0.454 e. The van der Waals surface area contributed by atoms with Crippen molar-refractivity contribution in [3.8, 4) is 0 Å². The van der Waals surface area contributed by atoms with E-state index in [9.17, 15) is 83.9 Å². The van der Waals surface area contributed by atoms with Gasteiger partial charge in [0.15, 0.2) is 61.8 Å². The summed E-state index contributed by atoms with van der Waals surface area (Å²) in [5.74, 6) is -19.4. The van der Waals surface area contributed by atoms with Crippen LogP contribution in [-0.4, -0.2) is 163 Å². The van der Waals surface area contributed by atoms with Crippen LogP contribution in [0.2, 0.25) is 0 Å². The summed E-state index contributed by atoms with van der Waals surface area (Å²) in [7, 11) is 0. The van der Waals surface area contributed by atoms with Gasteiger partial charge in [0, 0.05) is 38.9 Å². The molecule has 36 heteroatoms. The van der Waals surface area contributed by atoms with Crippen LogP contribution in [0.15, 0.2) is 18.2 Å². The van der Waals surface area contributed by atoms with Crippen LogP contribution in [0.4, 0.5) is 71.0 Å². The minimum atomic E-state index is -5.48. The molecule has 12 amide bonds. The van der Waals surface area contributed by atoms with Crippen molar-refractivity contribution >= 4 is 111 Å². The molecule has 0 radical (unpaired) electrons. The van der Waals surface area contributed by atoms with Crippen molar-refractivity contribution < 1.29 is 111 Å². The van der Waals surface area contributed by atoms with Gasteiger partial charge in [0.25, 0.3) is 12.3 Å². The quantitative estimate of drug-likeness (QED) is 0.0678. The summed E-state index contributed by atoms with van der Waals surface area (Å²) in [6.45, 7) is 15.8. The molecule has 6 saturated heterocycles. The van der Waals surface area contributed by atoms with Crippen molar-refractivity contribution in [2.45, 2.75) is 127 Å². The molecule has 6 fully saturated rings. The average Bonchev–Trinajstić information content (AvgIpc) is 0.718. The second-order valence-corrected chi connectivity index (χ2v) is 24.9. The molecule has 12 rings (SSSR count). The summed E-state index contributed by atoms with van der Waals surface area (Å²) in [6, 6.07) is -3.69. The number of carbonyl (C=O) groups is 12. The third kappa shape index (κ3) is 10.7. The highest BCUT2D eigenvalue weighted by Crippen LogP contribution is 2.52. The van der Waals surface area contributed by atoms with Gasteiger partial charge < -0.3 is 33.8 Å². The Kier molecular flexibility index (Phi) is 17.5. The monoisotopic (exact) mass is 1370 g/mol. The zero-order valence-corrected chi connectivity index (χ0v) is 51.0. The summed E-state index contributed by atoms with van der Waals surface area (Å²) < 4.78 is 146. The van der Waals surface area contributed by atoms with E-state index in [4.69, 9.17) is 44.0 Å². The third-order valence-corrected chi connectivity index (χ3v) is 18.3. The minimum absolute atomic E-state index is 0.0356. The van der Waals surface area contributed by atoms with E-state index in [-0.39, 0.29) is 54.1 Å². The molecular formula is C58H51Cl2F9N10O15. The average molecular weight is 1370 g/mol. The molecule has 0 saturated carbocycles. The van der Waals surface area contributed by atoms with Gasteiger partial charge in [-0.05, 0) is 76.4 Å². The van der Waals surface area contributed by atoms with Crippen LogP contribution in [0, 0.1) is 57.7 Å². The normalized spacial score (nSPS) is 26.8. The number of rotatable bonds is 5. The molecule has 9 aliphatic rings. The lowest BCUT2D eigenvalue weighted by Gasteiger charge is -2.55. The van der Waals surface area contributed by atoms with E-state index in [1.54, 1.807) is 34.6 Å².